The fourth-order valence-electron chi connectivity index (χ4n) is 1.57. The molecule has 0 saturated carbocycles. The fraction of sp³-hybridized carbons (Fsp3) is 0.118. The summed E-state index contributed by atoms with van der Waals surface area (Å²) in [7, 11) is 0. The van der Waals surface area contributed by atoms with E-state index < -0.39 is 0 Å². The Bertz CT molecular complexity index is 591. The zero-order valence-corrected chi connectivity index (χ0v) is 13.8. The van der Waals surface area contributed by atoms with Gasteiger partial charge in [0.25, 0.3) is 0 Å². The van der Waals surface area contributed by atoms with E-state index in [1.54, 1.807) is 0 Å². The van der Waals surface area contributed by atoms with Gasteiger partial charge in [0.2, 0.25) is 0 Å². The Hall–Kier alpha value is -1.34. The molecule has 0 fully saturated rings. The van der Waals surface area contributed by atoms with Crippen LogP contribution in [0.25, 0.3) is 0 Å². The molecule has 1 nitrogen and oxygen atoms in total. The molecule has 0 spiro atoms. The second-order valence-electron chi connectivity index (χ2n) is 4.25. The molecule has 3 heteroatoms. The number of hydrogen-bond acceptors (Lipinski definition) is 1. The number of aliphatic imine (C=N–C) groups is 1. The van der Waals surface area contributed by atoms with Crippen molar-refractivity contribution in [3.05, 3.63) is 72.3 Å². The molecule has 0 heterocycles. The number of allylic oxidation sites excluding steroid dienone is 2. The van der Waals surface area contributed by atoms with Gasteiger partial charge in [-0.15, -0.1) is 0 Å². The summed E-state index contributed by atoms with van der Waals surface area (Å²) >= 11 is 6.69. The van der Waals surface area contributed by atoms with Gasteiger partial charge in [-0.3, -0.25) is 0 Å². The summed E-state index contributed by atoms with van der Waals surface area (Å²) < 4.78 is 1.40. The molecule has 0 aromatic heterocycles. The number of nitrogens with zero attached hydrogens (tertiary/aromatic N) is 1. The van der Waals surface area contributed by atoms with Crippen molar-refractivity contribution < 1.29 is 0 Å². The molecule has 0 aliphatic carbocycles. The van der Waals surface area contributed by atoms with E-state index in [1.807, 2.05) is 43.3 Å². The van der Waals surface area contributed by atoms with Gasteiger partial charge in [0, 0.05) is 0 Å². The van der Waals surface area contributed by atoms with Crippen LogP contribution in [0, 0.1) is 0 Å². The van der Waals surface area contributed by atoms with Crippen LogP contribution < -0.4 is 4.46 Å². The molecule has 0 radical (unpaired) electrons. The first-order chi connectivity index (χ1) is 9.75. The van der Waals surface area contributed by atoms with Crippen LogP contribution in [0.4, 0.5) is 5.69 Å². The van der Waals surface area contributed by atoms with Gasteiger partial charge in [0.1, 0.15) is 0 Å². The normalized spacial score (nSPS) is 12.5. The van der Waals surface area contributed by atoms with Crippen molar-refractivity contribution in [2.24, 2.45) is 4.99 Å². The quantitative estimate of drug-likeness (QED) is 0.562. The summed E-state index contributed by atoms with van der Waals surface area (Å²) in [5.41, 5.74) is 1.92. The molecule has 0 saturated heterocycles. The van der Waals surface area contributed by atoms with E-state index in [0.717, 1.165) is 16.6 Å². The average molecular weight is 349 g/mol. The van der Waals surface area contributed by atoms with Crippen LogP contribution in [-0.2, 0) is 0 Å². The summed E-state index contributed by atoms with van der Waals surface area (Å²) in [5, 5.41) is 1.60. The first-order valence-electron chi connectivity index (χ1n) is 6.40. The molecular weight excluding hydrogens is 333 g/mol. The third kappa shape index (κ3) is 4.97. The van der Waals surface area contributed by atoms with Crippen molar-refractivity contribution in [3.63, 3.8) is 0 Å². The van der Waals surface area contributed by atoms with Gasteiger partial charge in [-0.1, -0.05) is 0 Å². The number of halogens is 1. The summed E-state index contributed by atoms with van der Waals surface area (Å²) in [6.45, 7) is 2.01. The maximum absolute atomic E-state index is 6.24. The number of para-hydroxylation sites is 1. The van der Waals surface area contributed by atoms with Gasteiger partial charge in [-0.05, 0) is 0 Å². The summed E-state index contributed by atoms with van der Waals surface area (Å²) in [5.74, 6) is 0. The Labute approximate surface area is 131 Å². The van der Waals surface area contributed by atoms with Crippen LogP contribution >= 0.6 is 11.6 Å². The molecule has 0 amide bonds. The SMILES string of the molecule is C/C(=C\C[Se]c1ccccc1)C(Cl)=Nc1ccccc1. The molecule has 0 N–H and O–H groups in total. The second kappa shape index (κ2) is 8.06. The predicted molar refractivity (Wildman–Crippen MR) is 89.8 cm³/mol. The van der Waals surface area contributed by atoms with Crippen LogP contribution in [0.2, 0.25) is 5.32 Å². The van der Waals surface area contributed by atoms with Crippen LogP contribution in [0.5, 0.6) is 0 Å². The topological polar surface area (TPSA) is 12.4 Å². The van der Waals surface area contributed by atoms with Gasteiger partial charge in [0.15, 0.2) is 0 Å². The zero-order valence-electron chi connectivity index (χ0n) is 11.3. The Kier molecular flexibility index (Phi) is 6.07. The molecule has 102 valence electrons. The first-order valence-corrected chi connectivity index (χ1v) is 8.84. The summed E-state index contributed by atoms with van der Waals surface area (Å²) in [6.07, 6.45) is 2.17. The monoisotopic (exact) mass is 349 g/mol. The van der Waals surface area contributed by atoms with Crippen molar-refractivity contribution >= 4 is 41.9 Å². The number of benzene rings is 2. The number of hydrogen-bond donors (Lipinski definition) is 0. The average Bonchev–Trinajstić information content (AvgIpc) is 2.49. The fourth-order valence-corrected chi connectivity index (χ4v) is 3.58. The zero-order chi connectivity index (χ0) is 14.2. The Morgan fingerprint density at radius 1 is 1.05 bits per heavy atom. The summed E-state index contributed by atoms with van der Waals surface area (Å²) in [4.78, 5) is 4.41. The minimum absolute atomic E-state index is 0.451. The van der Waals surface area contributed by atoms with Gasteiger partial charge < -0.3 is 0 Å². The van der Waals surface area contributed by atoms with Crippen LogP contribution in [0.1, 0.15) is 6.92 Å². The predicted octanol–water partition coefficient (Wildman–Crippen LogP) is 4.35. The van der Waals surface area contributed by atoms with E-state index in [-0.39, 0.29) is 0 Å². The van der Waals surface area contributed by atoms with Crippen LogP contribution in [-0.4, -0.2) is 20.1 Å². The Morgan fingerprint density at radius 3 is 2.30 bits per heavy atom. The molecule has 20 heavy (non-hydrogen) atoms. The van der Waals surface area contributed by atoms with E-state index in [1.165, 1.54) is 4.46 Å². The minimum atomic E-state index is 0.451. The standard InChI is InChI=1S/C17H16ClNSe/c1-14(12-13-20-16-10-6-3-7-11-16)17(18)19-15-8-4-2-5-9-15/h2-12H,13H2,1H3/b14-12+,19-17?. The Balaban J connectivity index is 1.95. The van der Waals surface area contributed by atoms with Crippen molar-refractivity contribution in [1.82, 2.24) is 0 Å². The first kappa shape index (κ1) is 15.1. The molecule has 0 atom stereocenters. The van der Waals surface area contributed by atoms with Crippen molar-refractivity contribution in [1.29, 1.82) is 0 Å². The molecule has 2 aromatic carbocycles. The molecular formula is C17H16ClNSe. The van der Waals surface area contributed by atoms with Gasteiger partial charge in [-0.25, -0.2) is 0 Å². The molecule has 0 bridgehead atoms. The van der Waals surface area contributed by atoms with Crippen molar-refractivity contribution in [2.75, 3.05) is 0 Å². The van der Waals surface area contributed by atoms with Gasteiger partial charge in [0.05, 0.1) is 0 Å². The van der Waals surface area contributed by atoms with Crippen molar-refractivity contribution in [2.45, 2.75) is 12.2 Å². The van der Waals surface area contributed by atoms with E-state index in [2.05, 4.69) is 35.3 Å². The van der Waals surface area contributed by atoms with Gasteiger partial charge in [-0.2, -0.15) is 0 Å². The van der Waals surface area contributed by atoms with E-state index in [0.29, 0.717) is 20.1 Å². The van der Waals surface area contributed by atoms with Crippen molar-refractivity contribution in [3.8, 4) is 0 Å². The summed E-state index contributed by atoms with van der Waals surface area (Å²) in [6, 6.07) is 20.3. The van der Waals surface area contributed by atoms with Crippen LogP contribution in [0.15, 0.2) is 77.3 Å². The van der Waals surface area contributed by atoms with E-state index >= 15 is 0 Å². The third-order valence-electron chi connectivity index (χ3n) is 2.69. The van der Waals surface area contributed by atoms with Gasteiger partial charge >= 0.3 is 131 Å². The Morgan fingerprint density at radius 2 is 1.65 bits per heavy atom. The molecule has 0 aliphatic heterocycles. The molecule has 0 unspecified atom stereocenters. The van der Waals surface area contributed by atoms with E-state index in [9.17, 15) is 0 Å². The van der Waals surface area contributed by atoms with Crippen LogP contribution in [0.3, 0.4) is 0 Å². The molecule has 2 aromatic rings. The molecule has 2 rings (SSSR count). The third-order valence-corrected chi connectivity index (χ3v) is 5.04. The maximum atomic E-state index is 6.24. The molecule has 0 aliphatic rings. The van der Waals surface area contributed by atoms with E-state index in [4.69, 9.17) is 11.6 Å². The number of rotatable bonds is 5. The second-order valence-corrected chi connectivity index (χ2v) is 6.90.